The highest BCUT2D eigenvalue weighted by Crippen LogP contribution is 2.29. The molecule has 2 fully saturated rings. The van der Waals surface area contributed by atoms with E-state index in [4.69, 9.17) is 4.74 Å². The first-order chi connectivity index (χ1) is 15.0. The van der Waals surface area contributed by atoms with Gasteiger partial charge in [0.15, 0.2) is 0 Å². The third-order valence-corrected chi connectivity index (χ3v) is 6.00. The van der Waals surface area contributed by atoms with Gasteiger partial charge in [0.25, 0.3) is 0 Å². The van der Waals surface area contributed by atoms with Crippen molar-refractivity contribution in [2.75, 3.05) is 26.2 Å². The number of aromatic nitrogens is 2. The number of rotatable bonds is 8. The van der Waals surface area contributed by atoms with Crippen molar-refractivity contribution in [1.29, 1.82) is 0 Å². The molecule has 31 heavy (non-hydrogen) atoms. The molecule has 1 saturated carbocycles. The van der Waals surface area contributed by atoms with Gasteiger partial charge in [-0.1, -0.05) is 30.3 Å². The summed E-state index contributed by atoms with van der Waals surface area (Å²) in [5.74, 6) is 0.583. The Balaban J connectivity index is 1.42. The maximum atomic E-state index is 13.0. The Kier molecular flexibility index (Phi) is 6.70. The summed E-state index contributed by atoms with van der Waals surface area (Å²) in [5, 5.41) is 4.44. The molecule has 7 nitrogen and oxygen atoms in total. The van der Waals surface area contributed by atoms with Crippen molar-refractivity contribution in [1.82, 2.24) is 19.6 Å². The quantitative estimate of drug-likeness (QED) is 0.653. The second-order valence-electron chi connectivity index (χ2n) is 8.83. The van der Waals surface area contributed by atoms with E-state index in [0.29, 0.717) is 45.1 Å². The summed E-state index contributed by atoms with van der Waals surface area (Å²) in [7, 11) is 0. The Labute approximate surface area is 184 Å². The van der Waals surface area contributed by atoms with E-state index in [1.807, 2.05) is 59.8 Å². The monoisotopic (exact) mass is 424 g/mol. The van der Waals surface area contributed by atoms with Crippen LogP contribution in [-0.2, 0) is 27.4 Å². The van der Waals surface area contributed by atoms with E-state index in [2.05, 4.69) is 5.10 Å². The number of benzene rings is 1. The fourth-order valence-electron chi connectivity index (χ4n) is 4.05. The van der Waals surface area contributed by atoms with E-state index >= 15 is 0 Å². The number of hydrogen-bond donors (Lipinski definition) is 0. The van der Waals surface area contributed by atoms with Crippen molar-refractivity contribution >= 4 is 11.8 Å². The van der Waals surface area contributed by atoms with Gasteiger partial charge in [0, 0.05) is 44.9 Å². The number of carbonyl (C=O) groups is 2. The number of ether oxygens (including phenoxy) is 1. The molecule has 1 aromatic carbocycles. The van der Waals surface area contributed by atoms with Gasteiger partial charge < -0.3 is 14.5 Å². The van der Waals surface area contributed by atoms with Crippen molar-refractivity contribution in [2.45, 2.75) is 52.3 Å². The number of nitrogens with zero attached hydrogens (tertiary/aromatic N) is 4. The first kappa shape index (κ1) is 21.6. The van der Waals surface area contributed by atoms with E-state index < -0.39 is 0 Å². The Morgan fingerprint density at radius 2 is 1.94 bits per heavy atom. The van der Waals surface area contributed by atoms with E-state index in [1.54, 1.807) is 4.90 Å². The fourth-order valence-corrected chi connectivity index (χ4v) is 4.05. The second kappa shape index (κ2) is 9.64. The van der Waals surface area contributed by atoms with Gasteiger partial charge in [-0.15, -0.1) is 0 Å². The molecule has 1 aliphatic heterocycles. The van der Waals surface area contributed by atoms with Gasteiger partial charge in [0.2, 0.25) is 11.8 Å². The minimum Gasteiger partial charge on any atom is -0.374 e. The number of aryl methyl sites for hydroxylation is 3. The van der Waals surface area contributed by atoms with Crippen LogP contribution < -0.4 is 0 Å². The van der Waals surface area contributed by atoms with Crippen LogP contribution in [0, 0.1) is 19.8 Å². The molecule has 4 rings (SSSR count). The Morgan fingerprint density at radius 1 is 1.16 bits per heavy atom. The Hall–Kier alpha value is -2.67. The van der Waals surface area contributed by atoms with Crippen LogP contribution in [0.3, 0.4) is 0 Å². The smallest absolute Gasteiger partial charge is 0.242 e. The van der Waals surface area contributed by atoms with Crippen LogP contribution in [0.15, 0.2) is 36.4 Å². The minimum absolute atomic E-state index is 0.0255. The molecule has 2 heterocycles. The lowest BCUT2D eigenvalue weighted by Gasteiger charge is -2.25. The van der Waals surface area contributed by atoms with Crippen molar-refractivity contribution < 1.29 is 14.3 Å². The predicted molar refractivity (Wildman–Crippen MR) is 117 cm³/mol. The van der Waals surface area contributed by atoms with Gasteiger partial charge in [-0.25, -0.2) is 0 Å². The standard InChI is InChI=1S/C24H32N4O3/c1-18-12-19(2)28(25-18)11-10-23(29)27-15-22(31-17-21-8-9-21)14-26(24(30)16-27)13-20-6-4-3-5-7-20/h3-7,12,21-22H,8-11,13-17H2,1-2H3/t22-/m1/s1. The second-order valence-corrected chi connectivity index (χ2v) is 8.83. The average molecular weight is 425 g/mol. The van der Waals surface area contributed by atoms with Crippen molar-refractivity contribution in [3.8, 4) is 0 Å². The maximum absolute atomic E-state index is 13.0. The summed E-state index contributed by atoms with van der Waals surface area (Å²) < 4.78 is 8.02. The summed E-state index contributed by atoms with van der Waals surface area (Å²) in [6, 6.07) is 12.0. The fraction of sp³-hybridized carbons (Fsp3) is 0.542. The molecule has 0 radical (unpaired) electrons. The lowest BCUT2D eigenvalue weighted by atomic mass is 10.2. The molecular formula is C24H32N4O3. The van der Waals surface area contributed by atoms with Crippen molar-refractivity contribution in [3.63, 3.8) is 0 Å². The topological polar surface area (TPSA) is 67.7 Å². The van der Waals surface area contributed by atoms with Gasteiger partial charge in [-0.2, -0.15) is 5.10 Å². The third kappa shape index (κ3) is 5.94. The van der Waals surface area contributed by atoms with Gasteiger partial charge in [-0.3, -0.25) is 14.3 Å². The highest BCUT2D eigenvalue weighted by molar-refractivity contribution is 5.85. The van der Waals surface area contributed by atoms with Gasteiger partial charge in [0.1, 0.15) is 0 Å². The molecule has 7 heteroatoms. The summed E-state index contributed by atoms with van der Waals surface area (Å²) in [6.07, 6.45) is 2.59. The molecule has 2 aliphatic rings. The van der Waals surface area contributed by atoms with Crippen LogP contribution in [0.25, 0.3) is 0 Å². The SMILES string of the molecule is Cc1cc(C)n(CCC(=O)N2CC(=O)N(Cc3ccccc3)C[C@@H](OCC3CC3)C2)n1. The first-order valence-corrected chi connectivity index (χ1v) is 11.2. The number of amides is 2. The van der Waals surface area contributed by atoms with E-state index in [-0.39, 0.29) is 24.5 Å². The lowest BCUT2D eigenvalue weighted by molar-refractivity contribution is -0.139. The molecule has 1 saturated heterocycles. The molecule has 0 unspecified atom stereocenters. The third-order valence-electron chi connectivity index (χ3n) is 6.00. The Bertz CT molecular complexity index is 907. The van der Waals surface area contributed by atoms with Crippen LogP contribution >= 0.6 is 0 Å². The molecular weight excluding hydrogens is 392 g/mol. The van der Waals surface area contributed by atoms with Gasteiger partial charge >= 0.3 is 0 Å². The minimum atomic E-state index is -0.159. The van der Waals surface area contributed by atoms with Crippen LogP contribution in [0.2, 0.25) is 0 Å². The lowest BCUT2D eigenvalue weighted by Crippen LogP contribution is -2.40. The van der Waals surface area contributed by atoms with Crippen molar-refractivity contribution in [2.24, 2.45) is 5.92 Å². The van der Waals surface area contributed by atoms with E-state index in [9.17, 15) is 9.59 Å². The highest BCUT2D eigenvalue weighted by Gasteiger charge is 2.32. The van der Waals surface area contributed by atoms with Crippen LogP contribution in [-0.4, -0.2) is 63.7 Å². The average Bonchev–Trinajstić information content (AvgIpc) is 3.54. The largest absolute Gasteiger partial charge is 0.374 e. The Morgan fingerprint density at radius 3 is 2.61 bits per heavy atom. The number of hydrogen-bond acceptors (Lipinski definition) is 4. The van der Waals surface area contributed by atoms with Crippen LogP contribution in [0.4, 0.5) is 0 Å². The molecule has 2 amide bonds. The zero-order valence-corrected chi connectivity index (χ0v) is 18.5. The molecule has 1 atom stereocenters. The van der Waals surface area contributed by atoms with E-state index in [1.165, 1.54) is 12.8 Å². The molecule has 2 aromatic rings. The summed E-state index contributed by atoms with van der Waals surface area (Å²) in [6.45, 7) is 6.78. The zero-order valence-electron chi connectivity index (χ0n) is 18.5. The summed E-state index contributed by atoms with van der Waals surface area (Å²) in [5.41, 5.74) is 3.07. The number of carbonyl (C=O) groups excluding carboxylic acids is 2. The molecule has 0 N–H and O–H groups in total. The van der Waals surface area contributed by atoms with Crippen LogP contribution in [0.1, 0.15) is 36.2 Å². The van der Waals surface area contributed by atoms with Gasteiger partial charge in [-0.05, 0) is 44.2 Å². The van der Waals surface area contributed by atoms with Crippen molar-refractivity contribution in [3.05, 3.63) is 53.3 Å². The summed E-state index contributed by atoms with van der Waals surface area (Å²) >= 11 is 0. The van der Waals surface area contributed by atoms with E-state index in [0.717, 1.165) is 17.0 Å². The van der Waals surface area contributed by atoms with Crippen LogP contribution in [0.5, 0.6) is 0 Å². The predicted octanol–water partition coefficient (Wildman–Crippen LogP) is 2.56. The first-order valence-electron chi connectivity index (χ1n) is 11.2. The molecule has 0 spiro atoms. The zero-order chi connectivity index (χ0) is 21.8. The van der Waals surface area contributed by atoms with Gasteiger partial charge in [0.05, 0.1) is 18.3 Å². The maximum Gasteiger partial charge on any atom is 0.242 e. The molecule has 0 bridgehead atoms. The molecule has 1 aromatic heterocycles. The highest BCUT2D eigenvalue weighted by atomic mass is 16.5. The summed E-state index contributed by atoms with van der Waals surface area (Å²) in [4.78, 5) is 29.5. The molecule has 166 valence electrons. The molecule has 1 aliphatic carbocycles. The normalized spacial score (nSPS) is 19.5.